The zero-order chi connectivity index (χ0) is 13.7. The number of benzene rings is 1. The van der Waals surface area contributed by atoms with E-state index in [0.29, 0.717) is 17.9 Å². The van der Waals surface area contributed by atoms with Gasteiger partial charge in [-0.3, -0.25) is 4.79 Å². The Morgan fingerprint density at radius 1 is 1.37 bits per heavy atom. The van der Waals surface area contributed by atoms with Crippen molar-refractivity contribution in [1.29, 1.82) is 0 Å². The summed E-state index contributed by atoms with van der Waals surface area (Å²) in [7, 11) is 0. The van der Waals surface area contributed by atoms with Gasteiger partial charge in [0.1, 0.15) is 12.4 Å². The lowest BCUT2D eigenvalue weighted by Crippen LogP contribution is -2.29. The van der Waals surface area contributed by atoms with Crippen molar-refractivity contribution >= 4 is 5.91 Å². The van der Waals surface area contributed by atoms with Crippen molar-refractivity contribution in [3.63, 3.8) is 0 Å². The third-order valence-corrected chi connectivity index (χ3v) is 2.41. The van der Waals surface area contributed by atoms with E-state index in [-0.39, 0.29) is 18.3 Å². The van der Waals surface area contributed by atoms with E-state index in [1.54, 1.807) is 12.1 Å². The Bertz CT molecular complexity index is 552. The van der Waals surface area contributed by atoms with Gasteiger partial charge in [-0.2, -0.15) is 4.80 Å². The first-order valence-corrected chi connectivity index (χ1v) is 5.99. The molecule has 0 saturated carbocycles. The molecule has 1 aromatic heterocycles. The molecule has 2 aromatic rings. The maximum atomic E-state index is 12.8. The number of carbonyl (C=O) groups is 1. The second kappa shape index (κ2) is 6.03. The summed E-state index contributed by atoms with van der Waals surface area (Å²) in [6.45, 7) is 2.62. The third-order valence-electron chi connectivity index (χ3n) is 2.41. The van der Waals surface area contributed by atoms with E-state index in [1.807, 2.05) is 6.92 Å². The average Bonchev–Trinajstić information content (AvgIpc) is 2.85. The molecular weight excluding hydrogens is 249 g/mol. The van der Waals surface area contributed by atoms with E-state index in [2.05, 4.69) is 20.7 Å². The Labute approximate surface area is 109 Å². The highest BCUT2D eigenvalue weighted by Crippen LogP contribution is 2.13. The lowest BCUT2D eigenvalue weighted by Gasteiger charge is -2.01. The molecule has 100 valence electrons. The van der Waals surface area contributed by atoms with Crippen molar-refractivity contribution < 1.29 is 9.18 Å². The lowest BCUT2D eigenvalue weighted by atomic mass is 10.2. The summed E-state index contributed by atoms with van der Waals surface area (Å²) in [6, 6.07) is 5.77. The maximum Gasteiger partial charge on any atom is 0.243 e. The minimum atomic E-state index is -0.324. The molecule has 6 nitrogen and oxygen atoms in total. The Balaban J connectivity index is 2.02. The second-order valence-corrected chi connectivity index (χ2v) is 4.00. The van der Waals surface area contributed by atoms with Gasteiger partial charge in [-0.1, -0.05) is 6.92 Å². The average molecular weight is 263 g/mol. The van der Waals surface area contributed by atoms with E-state index in [0.717, 1.165) is 6.42 Å². The molecule has 1 aromatic carbocycles. The zero-order valence-corrected chi connectivity index (χ0v) is 10.5. The Kier molecular flexibility index (Phi) is 4.17. The molecule has 19 heavy (non-hydrogen) atoms. The normalized spacial score (nSPS) is 10.4. The number of nitrogens with one attached hydrogen (secondary N) is 1. The van der Waals surface area contributed by atoms with Crippen LogP contribution >= 0.6 is 0 Å². The summed E-state index contributed by atoms with van der Waals surface area (Å²) in [5.41, 5.74) is 0.654. The van der Waals surface area contributed by atoms with E-state index < -0.39 is 0 Å². The summed E-state index contributed by atoms with van der Waals surface area (Å²) in [6.07, 6.45) is 0.872. The number of nitrogens with zero attached hydrogens (tertiary/aromatic N) is 4. The predicted molar refractivity (Wildman–Crippen MR) is 66.5 cm³/mol. The first-order valence-electron chi connectivity index (χ1n) is 5.99. The molecule has 0 unspecified atom stereocenters. The van der Waals surface area contributed by atoms with Gasteiger partial charge in [0.05, 0.1) is 0 Å². The molecule has 1 N–H and O–H groups in total. The molecule has 0 aliphatic carbocycles. The first-order chi connectivity index (χ1) is 9.19. The van der Waals surface area contributed by atoms with E-state index >= 15 is 0 Å². The summed E-state index contributed by atoms with van der Waals surface area (Å²) in [5, 5.41) is 14.4. The van der Waals surface area contributed by atoms with E-state index in [9.17, 15) is 9.18 Å². The predicted octanol–water partition coefficient (Wildman–Crippen LogP) is 1.01. The zero-order valence-electron chi connectivity index (χ0n) is 10.5. The van der Waals surface area contributed by atoms with Crippen LogP contribution in [0.2, 0.25) is 0 Å². The molecule has 7 heteroatoms. The Morgan fingerprint density at radius 2 is 2.11 bits per heavy atom. The van der Waals surface area contributed by atoms with Gasteiger partial charge < -0.3 is 5.32 Å². The van der Waals surface area contributed by atoms with Crippen LogP contribution in [0, 0.1) is 5.82 Å². The monoisotopic (exact) mass is 263 g/mol. The van der Waals surface area contributed by atoms with Gasteiger partial charge in [0.2, 0.25) is 11.7 Å². The van der Waals surface area contributed by atoms with Crippen molar-refractivity contribution in [3.8, 4) is 11.4 Å². The summed E-state index contributed by atoms with van der Waals surface area (Å²) in [4.78, 5) is 12.7. The number of halogens is 1. The minimum Gasteiger partial charge on any atom is -0.354 e. The number of aromatic nitrogens is 4. The van der Waals surface area contributed by atoms with Crippen LogP contribution < -0.4 is 5.32 Å². The van der Waals surface area contributed by atoms with Crippen LogP contribution in [0.5, 0.6) is 0 Å². The third kappa shape index (κ3) is 3.57. The second-order valence-electron chi connectivity index (χ2n) is 4.00. The fraction of sp³-hybridized carbons (Fsp3) is 0.333. The van der Waals surface area contributed by atoms with Crippen LogP contribution in [0.15, 0.2) is 24.3 Å². The van der Waals surface area contributed by atoms with Gasteiger partial charge in [-0.25, -0.2) is 4.39 Å². The van der Waals surface area contributed by atoms with Crippen LogP contribution in [-0.4, -0.2) is 32.7 Å². The smallest absolute Gasteiger partial charge is 0.243 e. The maximum absolute atomic E-state index is 12.8. The van der Waals surface area contributed by atoms with Crippen LogP contribution in [-0.2, 0) is 11.3 Å². The largest absolute Gasteiger partial charge is 0.354 e. The molecular formula is C12H14FN5O. The molecule has 0 atom stereocenters. The summed E-state index contributed by atoms with van der Waals surface area (Å²) in [5.74, 6) is -0.122. The summed E-state index contributed by atoms with van der Waals surface area (Å²) < 4.78 is 12.8. The number of hydrogen-bond donors (Lipinski definition) is 1. The van der Waals surface area contributed by atoms with Crippen LogP contribution in [0.4, 0.5) is 4.39 Å². The van der Waals surface area contributed by atoms with Crippen molar-refractivity contribution in [3.05, 3.63) is 30.1 Å². The van der Waals surface area contributed by atoms with E-state index in [4.69, 9.17) is 0 Å². The number of rotatable bonds is 5. The molecule has 0 saturated heterocycles. The molecule has 2 rings (SSSR count). The Hall–Kier alpha value is -2.31. The highest BCUT2D eigenvalue weighted by Gasteiger charge is 2.08. The number of hydrogen-bond acceptors (Lipinski definition) is 4. The fourth-order valence-corrected chi connectivity index (χ4v) is 1.47. The van der Waals surface area contributed by atoms with Crippen molar-refractivity contribution in [2.75, 3.05) is 6.54 Å². The van der Waals surface area contributed by atoms with Crippen LogP contribution in [0.1, 0.15) is 13.3 Å². The van der Waals surface area contributed by atoms with Gasteiger partial charge >= 0.3 is 0 Å². The molecule has 1 heterocycles. The van der Waals surface area contributed by atoms with Gasteiger partial charge in [0.25, 0.3) is 0 Å². The SMILES string of the molecule is CCCNC(=O)Cn1nnc(-c2ccc(F)cc2)n1. The topological polar surface area (TPSA) is 72.7 Å². The molecule has 0 bridgehead atoms. The number of tetrazole rings is 1. The van der Waals surface area contributed by atoms with Gasteiger partial charge in [0.15, 0.2) is 0 Å². The quantitative estimate of drug-likeness (QED) is 0.873. The van der Waals surface area contributed by atoms with Gasteiger partial charge in [-0.15, -0.1) is 10.2 Å². The van der Waals surface area contributed by atoms with Crippen molar-refractivity contribution in [1.82, 2.24) is 25.5 Å². The molecule has 0 aliphatic rings. The molecule has 1 amide bonds. The van der Waals surface area contributed by atoms with Crippen molar-refractivity contribution in [2.24, 2.45) is 0 Å². The fourth-order valence-electron chi connectivity index (χ4n) is 1.47. The number of carbonyl (C=O) groups excluding carboxylic acids is 1. The minimum absolute atomic E-state index is 0.0220. The van der Waals surface area contributed by atoms with Crippen LogP contribution in [0.25, 0.3) is 11.4 Å². The number of amides is 1. The molecule has 0 radical (unpaired) electrons. The standard InChI is InChI=1S/C12H14FN5O/c1-2-7-14-11(19)8-18-16-12(15-17-18)9-3-5-10(13)6-4-9/h3-6H,2,7-8H2,1H3,(H,14,19). The van der Waals surface area contributed by atoms with E-state index in [1.165, 1.54) is 16.9 Å². The van der Waals surface area contributed by atoms with Gasteiger partial charge in [-0.05, 0) is 35.9 Å². The van der Waals surface area contributed by atoms with Crippen molar-refractivity contribution in [2.45, 2.75) is 19.9 Å². The Morgan fingerprint density at radius 3 is 2.79 bits per heavy atom. The first kappa shape index (κ1) is 13.1. The molecule has 0 spiro atoms. The highest BCUT2D eigenvalue weighted by atomic mass is 19.1. The van der Waals surface area contributed by atoms with Crippen LogP contribution in [0.3, 0.4) is 0 Å². The van der Waals surface area contributed by atoms with Gasteiger partial charge in [0, 0.05) is 12.1 Å². The molecule has 0 aliphatic heterocycles. The molecule has 0 fully saturated rings. The highest BCUT2D eigenvalue weighted by molar-refractivity contribution is 5.75. The lowest BCUT2D eigenvalue weighted by molar-refractivity contribution is -0.122. The summed E-state index contributed by atoms with van der Waals surface area (Å²) >= 11 is 0.